The van der Waals surface area contributed by atoms with E-state index in [-0.39, 0.29) is 11.9 Å². The molecule has 0 spiro atoms. The normalized spacial score (nSPS) is 19.0. The van der Waals surface area contributed by atoms with Crippen LogP contribution < -0.4 is 10.1 Å². The van der Waals surface area contributed by atoms with Gasteiger partial charge in [-0.2, -0.15) is 0 Å². The third-order valence-electron chi connectivity index (χ3n) is 4.06. The zero-order valence-corrected chi connectivity index (χ0v) is 12.4. The van der Waals surface area contributed by atoms with Gasteiger partial charge < -0.3 is 19.7 Å². The van der Waals surface area contributed by atoms with Crippen LogP contribution in [0.25, 0.3) is 0 Å². The van der Waals surface area contributed by atoms with E-state index in [9.17, 15) is 4.79 Å². The summed E-state index contributed by atoms with van der Waals surface area (Å²) in [5, 5.41) is 3.31. The van der Waals surface area contributed by atoms with Crippen molar-refractivity contribution in [2.75, 3.05) is 32.9 Å². The maximum absolute atomic E-state index is 12.3. The molecule has 0 radical (unpaired) electrons. The third-order valence-corrected chi connectivity index (χ3v) is 4.06. The Balaban J connectivity index is 1.53. The summed E-state index contributed by atoms with van der Waals surface area (Å²) in [4.78, 5) is 14.2. The summed E-state index contributed by atoms with van der Waals surface area (Å²) in [6.45, 7) is 6.07. The van der Waals surface area contributed by atoms with E-state index < -0.39 is 0 Å². The molecule has 1 atom stereocenters. The highest BCUT2D eigenvalue weighted by Gasteiger charge is 2.22. The van der Waals surface area contributed by atoms with Gasteiger partial charge in [0.2, 0.25) is 5.91 Å². The van der Waals surface area contributed by atoms with Crippen LogP contribution in [0.2, 0.25) is 0 Å². The fraction of sp³-hybridized carbons (Fsp3) is 0.562. The highest BCUT2D eigenvalue weighted by molar-refractivity contribution is 5.81. The topological polar surface area (TPSA) is 50.8 Å². The molecule has 3 rings (SSSR count). The predicted octanol–water partition coefficient (Wildman–Crippen LogP) is 0.958. The SMILES string of the molecule is CC(NCc1ccc2c(c1)CCO2)C(=O)N1CCOCC1. The van der Waals surface area contributed by atoms with E-state index in [0.29, 0.717) is 32.8 Å². The zero-order valence-electron chi connectivity index (χ0n) is 12.4. The number of morpholine rings is 1. The Morgan fingerprint density at radius 2 is 2.14 bits per heavy atom. The smallest absolute Gasteiger partial charge is 0.239 e. The molecule has 21 heavy (non-hydrogen) atoms. The van der Waals surface area contributed by atoms with Gasteiger partial charge in [-0.3, -0.25) is 4.79 Å². The molecular formula is C16H22N2O3. The second-order valence-corrected chi connectivity index (χ2v) is 5.58. The molecule has 2 heterocycles. The molecule has 5 heteroatoms. The number of benzene rings is 1. The molecule has 1 unspecified atom stereocenters. The van der Waals surface area contributed by atoms with Crippen LogP contribution >= 0.6 is 0 Å². The maximum Gasteiger partial charge on any atom is 0.239 e. The molecule has 1 N–H and O–H groups in total. The van der Waals surface area contributed by atoms with Crippen molar-refractivity contribution in [1.29, 1.82) is 0 Å². The van der Waals surface area contributed by atoms with Crippen LogP contribution in [0.15, 0.2) is 18.2 Å². The van der Waals surface area contributed by atoms with Gasteiger partial charge in [0.15, 0.2) is 0 Å². The van der Waals surface area contributed by atoms with Crippen LogP contribution in [0.5, 0.6) is 5.75 Å². The Labute approximate surface area is 125 Å². The van der Waals surface area contributed by atoms with E-state index in [4.69, 9.17) is 9.47 Å². The third kappa shape index (κ3) is 3.36. The van der Waals surface area contributed by atoms with Gasteiger partial charge in [0.05, 0.1) is 25.9 Å². The zero-order chi connectivity index (χ0) is 14.7. The summed E-state index contributed by atoms with van der Waals surface area (Å²) in [5.74, 6) is 1.15. The average Bonchev–Trinajstić information content (AvgIpc) is 3.00. The Kier molecular flexibility index (Phi) is 4.41. The Morgan fingerprint density at radius 3 is 2.95 bits per heavy atom. The monoisotopic (exact) mass is 290 g/mol. The molecule has 1 aromatic carbocycles. The molecule has 0 aliphatic carbocycles. The summed E-state index contributed by atoms with van der Waals surface area (Å²) in [6.07, 6.45) is 0.978. The van der Waals surface area contributed by atoms with E-state index in [1.165, 1.54) is 11.1 Å². The van der Waals surface area contributed by atoms with Crippen LogP contribution in [-0.2, 0) is 22.5 Å². The van der Waals surface area contributed by atoms with Crippen LogP contribution in [0.3, 0.4) is 0 Å². The number of nitrogens with zero attached hydrogens (tertiary/aromatic N) is 1. The summed E-state index contributed by atoms with van der Waals surface area (Å²) in [7, 11) is 0. The van der Waals surface area contributed by atoms with Crippen LogP contribution in [0.4, 0.5) is 0 Å². The van der Waals surface area contributed by atoms with Gasteiger partial charge in [-0.05, 0) is 24.1 Å². The molecule has 1 fully saturated rings. The summed E-state index contributed by atoms with van der Waals surface area (Å²) >= 11 is 0. The number of fused-ring (bicyclic) bond motifs is 1. The molecule has 1 aromatic rings. The highest BCUT2D eigenvalue weighted by atomic mass is 16.5. The molecule has 2 aliphatic heterocycles. The van der Waals surface area contributed by atoms with Gasteiger partial charge in [-0.1, -0.05) is 12.1 Å². The summed E-state index contributed by atoms with van der Waals surface area (Å²) < 4.78 is 10.8. The molecule has 114 valence electrons. The predicted molar refractivity (Wildman–Crippen MR) is 79.3 cm³/mol. The summed E-state index contributed by atoms with van der Waals surface area (Å²) in [6, 6.07) is 6.07. The van der Waals surface area contributed by atoms with Crippen molar-refractivity contribution in [2.24, 2.45) is 0 Å². The number of rotatable bonds is 4. The van der Waals surface area contributed by atoms with E-state index in [2.05, 4.69) is 17.4 Å². The van der Waals surface area contributed by atoms with Crippen LogP contribution in [0, 0.1) is 0 Å². The minimum atomic E-state index is -0.174. The van der Waals surface area contributed by atoms with Gasteiger partial charge in [0.25, 0.3) is 0 Å². The quantitative estimate of drug-likeness (QED) is 0.897. The number of amides is 1. The van der Waals surface area contributed by atoms with Crippen molar-refractivity contribution >= 4 is 5.91 Å². The molecule has 5 nitrogen and oxygen atoms in total. The van der Waals surface area contributed by atoms with Crippen LogP contribution in [-0.4, -0.2) is 49.8 Å². The Hall–Kier alpha value is -1.59. The fourth-order valence-corrected chi connectivity index (χ4v) is 2.77. The summed E-state index contributed by atoms with van der Waals surface area (Å²) in [5.41, 5.74) is 2.46. The van der Waals surface area contributed by atoms with Crippen molar-refractivity contribution in [3.05, 3.63) is 29.3 Å². The number of ether oxygens (including phenoxy) is 2. The first kappa shape index (κ1) is 14.4. The first-order valence-corrected chi connectivity index (χ1v) is 7.58. The Bertz CT molecular complexity index is 512. The Morgan fingerprint density at radius 1 is 1.33 bits per heavy atom. The lowest BCUT2D eigenvalue weighted by molar-refractivity contribution is -0.137. The molecule has 1 saturated heterocycles. The lowest BCUT2D eigenvalue weighted by Gasteiger charge is -2.29. The second-order valence-electron chi connectivity index (χ2n) is 5.58. The van der Waals surface area contributed by atoms with E-state index >= 15 is 0 Å². The molecule has 0 saturated carbocycles. The molecule has 0 bridgehead atoms. The van der Waals surface area contributed by atoms with Gasteiger partial charge in [0.1, 0.15) is 5.75 Å². The van der Waals surface area contributed by atoms with E-state index in [1.54, 1.807) is 0 Å². The number of nitrogens with one attached hydrogen (secondary N) is 1. The molecule has 1 amide bonds. The van der Waals surface area contributed by atoms with Gasteiger partial charge in [-0.25, -0.2) is 0 Å². The molecule has 2 aliphatic rings. The van der Waals surface area contributed by atoms with Crippen molar-refractivity contribution < 1.29 is 14.3 Å². The maximum atomic E-state index is 12.3. The number of hydrogen-bond acceptors (Lipinski definition) is 4. The molecular weight excluding hydrogens is 268 g/mol. The fourth-order valence-electron chi connectivity index (χ4n) is 2.77. The van der Waals surface area contributed by atoms with Crippen molar-refractivity contribution in [2.45, 2.75) is 25.9 Å². The van der Waals surface area contributed by atoms with E-state index in [1.807, 2.05) is 17.9 Å². The largest absolute Gasteiger partial charge is 0.493 e. The van der Waals surface area contributed by atoms with Gasteiger partial charge >= 0.3 is 0 Å². The first-order chi connectivity index (χ1) is 10.2. The lowest BCUT2D eigenvalue weighted by Crippen LogP contribution is -2.49. The average molecular weight is 290 g/mol. The van der Waals surface area contributed by atoms with Gasteiger partial charge in [0, 0.05) is 26.1 Å². The highest BCUT2D eigenvalue weighted by Crippen LogP contribution is 2.25. The second kappa shape index (κ2) is 6.45. The van der Waals surface area contributed by atoms with Crippen molar-refractivity contribution in [1.82, 2.24) is 10.2 Å². The first-order valence-electron chi connectivity index (χ1n) is 7.58. The minimum Gasteiger partial charge on any atom is -0.493 e. The van der Waals surface area contributed by atoms with Crippen molar-refractivity contribution in [3.63, 3.8) is 0 Å². The van der Waals surface area contributed by atoms with Crippen LogP contribution in [0.1, 0.15) is 18.1 Å². The minimum absolute atomic E-state index is 0.155. The van der Waals surface area contributed by atoms with E-state index in [0.717, 1.165) is 18.8 Å². The number of carbonyl (C=O) groups excluding carboxylic acids is 1. The van der Waals surface area contributed by atoms with Gasteiger partial charge in [-0.15, -0.1) is 0 Å². The van der Waals surface area contributed by atoms with Crippen molar-refractivity contribution in [3.8, 4) is 5.75 Å². The number of hydrogen-bond donors (Lipinski definition) is 1. The molecule has 0 aromatic heterocycles. The number of carbonyl (C=O) groups is 1. The lowest BCUT2D eigenvalue weighted by atomic mass is 10.1. The standard InChI is InChI=1S/C16H22N2O3/c1-12(16(19)18-5-8-20-9-6-18)17-11-13-2-3-15-14(10-13)4-7-21-15/h2-3,10,12,17H,4-9,11H2,1H3.